The quantitative estimate of drug-likeness (QED) is 0.833. The molecule has 2 heterocycles. The molecular formula is C16H13ClFN5O. The van der Waals surface area contributed by atoms with Crippen molar-refractivity contribution in [1.82, 2.24) is 14.9 Å². The number of nitrogens with zero attached hydrogens (tertiary/aromatic N) is 5. The van der Waals surface area contributed by atoms with E-state index in [1.165, 1.54) is 30.6 Å². The summed E-state index contributed by atoms with van der Waals surface area (Å²) < 4.78 is 13.8. The number of anilines is 1. The molecule has 6 nitrogen and oxygen atoms in total. The molecule has 1 aliphatic heterocycles. The van der Waals surface area contributed by atoms with Gasteiger partial charge in [-0.15, -0.1) is 0 Å². The van der Waals surface area contributed by atoms with Gasteiger partial charge in [-0.1, -0.05) is 11.6 Å². The lowest BCUT2D eigenvalue weighted by molar-refractivity contribution is 0.0742. The highest BCUT2D eigenvalue weighted by atomic mass is 35.5. The summed E-state index contributed by atoms with van der Waals surface area (Å²) >= 11 is 5.84. The Morgan fingerprint density at radius 2 is 1.92 bits per heavy atom. The summed E-state index contributed by atoms with van der Waals surface area (Å²) in [5.74, 6) is -0.483. The van der Waals surface area contributed by atoms with E-state index in [0.29, 0.717) is 37.0 Å². The zero-order valence-corrected chi connectivity index (χ0v) is 13.4. The van der Waals surface area contributed by atoms with E-state index in [-0.39, 0.29) is 11.3 Å². The van der Waals surface area contributed by atoms with Crippen LogP contribution in [-0.2, 0) is 0 Å². The SMILES string of the molecule is N#Cc1nccnc1N1CCN(C(=O)c2cc(Cl)ccc2F)CC1. The van der Waals surface area contributed by atoms with Gasteiger partial charge in [0.15, 0.2) is 11.5 Å². The number of benzene rings is 1. The van der Waals surface area contributed by atoms with Crippen molar-refractivity contribution in [2.24, 2.45) is 0 Å². The van der Waals surface area contributed by atoms with Gasteiger partial charge < -0.3 is 9.80 Å². The van der Waals surface area contributed by atoms with Gasteiger partial charge in [0.1, 0.15) is 11.9 Å². The van der Waals surface area contributed by atoms with Gasteiger partial charge in [-0.3, -0.25) is 4.79 Å². The molecule has 0 radical (unpaired) electrons. The zero-order chi connectivity index (χ0) is 17.1. The van der Waals surface area contributed by atoms with Gasteiger partial charge in [-0.2, -0.15) is 5.26 Å². The molecule has 8 heteroatoms. The molecule has 24 heavy (non-hydrogen) atoms. The number of nitriles is 1. The minimum atomic E-state index is -0.590. The molecule has 0 spiro atoms. The monoisotopic (exact) mass is 345 g/mol. The van der Waals surface area contributed by atoms with E-state index < -0.39 is 11.7 Å². The Kier molecular flexibility index (Phi) is 4.58. The molecule has 122 valence electrons. The average Bonchev–Trinajstić information content (AvgIpc) is 2.63. The summed E-state index contributed by atoms with van der Waals surface area (Å²) in [5, 5.41) is 9.41. The summed E-state index contributed by atoms with van der Waals surface area (Å²) in [5.41, 5.74) is 0.214. The molecular weight excluding hydrogens is 333 g/mol. The molecule has 1 aromatic carbocycles. The van der Waals surface area contributed by atoms with Crippen molar-refractivity contribution in [3.63, 3.8) is 0 Å². The molecule has 0 unspecified atom stereocenters. The molecule has 1 aliphatic rings. The number of piperazine rings is 1. The highest BCUT2D eigenvalue weighted by Crippen LogP contribution is 2.20. The maximum absolute atomic E-state index is 13.8. The molecule has 1 saturated heterocycles. The number of carbonyl (C=O) groups is 1. The molecule has 0 bridgehead atoms. The molecule has 0 N–H and O–H groups in total. The van der Waals surface area contributed by atoms with E-state index in [1.807, 2.05) is 11.0 Å². The van der Waals surface area contributed by atoms with E-state index in [1.54, 1.807) is 4.90 Å². The van der Waals surface area contributed by atoms with E-state index in [2.05, 4.69) is 9.97 Å². The Morgan fingerprint density at radius 3 is 2.62 bits per heavy atom. The number of hydrogen-bond acceptors (Lipinski definition) is 5. The van der Waals surface area contributed by atoms with E-state index in [9.17, 15) is 9.18 Å². The Bertz CT molecular complexity index is 814. The number of hydrogen-bond donors (Lipinski definition) is 0. The van der Waals surface area contributed by atoms with Crippen LogP contribution in [0.3, 0.4) is 0 Å². The predicted octanol–water partition coefficient (Wildman–Crippen LogP) is 2.10. The maximum Gasteiger partial charge on any atom is 0.257 e. The topological polar surface area (TPSA) is 73.1 Å². The molecule has 3 rings (SSSR count). The Labute approximate surface area is 143 Å². The van der Waals surface area contributed by atoms with Crippen LogP contribution in [0.5, 0.6) is 0 Å². The van der Waals surface area contributed by atoms with Crippen LogP contribution in [0.2, 0.25) is 5.02 Å². The van der Waals surface area contributed by atoms with E-state index >= 15 is 0 Å². The van der Waals surface area contributed by atoms with E-state index in [4.69, 9.17) is 16.9 Å². The minimum Gasteiger partial charge on any atom is -0.351 e. The second kappa shape index (κ2) is 6.81. The van der Waals surface area contributed by atoms with Gasteiger partial charge in [0.25, 0.3) is 5.91 Å². The van der Waals surface area contributed by atoms with Crippen LogP contribution in [0.1, 0.15) is 16.1 Å². The summed E-state index contributed by atoms with van der Waals surface area (Å²) in [6.45, 7) is 1.76. The normalized spacial score (nSPS) is 14.4. The van der Waals surface area contributed by atoms with Gasteiger partial charge in [-0.25, -0.2) is 14.4 Å². The lowest BCUT2D eigenvalue weighted by atomic mass is 10.1. The first-order chi connectivity index (χ1) is 11.6. The van der Waals surface area contributed by atoms with Gasteiger partial charge in [0, 0.05) is 43.6 Å². The van der Waals surface area contributed by atoms with Crippen LogP contribution in [0, 0.1) is 17.1 Å². The summed E-state index contributed by atoms with van der Waals surface area (Å²) in [6, 6.07) is 5.93. The van der Waals surface area contributed by atoms with Gasteiger partial charge in [0.05, 0.1) is 5.56 Å². The van der Waals surface area contributed by atoms with Crippen molar-refractivity contribution < 1.29 is 9.18 Å². The fraction of sp³-hybridized carbons (Fsp3) is 0.250. The van der Waals surface area contributed by atoms with Crippen LogP contribution in [0.25, 0.3) is 0 Å². The van der Waals surface area contributed by atoms with Crippen LogP contribution in [0.15, 0.2) is 30.6 Å². The van der Waals surface area contributed by atoms with Crippen LogP contribution in [0.4, 0.5) is 10.2 Å². The molecule has 0 aliphatic carbocycles. The number of halogens is 2. The second-order valence-corrected chi connectivity index (χ2v) is 5.68. The third-order valence-electron chi connectivity index (χ3n) is 3.81. The highest BCUT2D eigenvalue weighted by Gasteiger charge is 2.26. The molecule has 1 aromatic heterocycles. The summed E-state index contributed by atoms with van der Waals surface area (Å²) in [7, 11) is 0. The predicted molar refractivity (Wildman–Crippen MR) is 86.3 cm³/mol. The molecule has 0 saturated carbocycles. The smallest absolute Gasteiger partial charge is 0.257 e. The second-order valence-electron chi connectivity index (χ2n) is 5.24. The van der Waals surface area contributed by atoms with Crippen LogP contribution in [-0.4, -0.2) is 47.0 Å². The van der Waals surface area contributed by atoms with Crippen molar-refractivity contribution in [2.45, 2.75) is 0 Å². The minimum absolute atomic E-state index is 0.0341. The van der Waals surface area contributed by atoms with Crippen molar-refractivity contribution in [3.8, 4) is 6.07 Å². The molecule has 0 atom stereocenters. The molecule has 1 fully saturated rings. The van der Waals surface area contributed by atoms with Crippen molar-refractivity contribution in [3.05, 3.63) is 52.7 Å². The van der Waals surface area contributed by atoms with Crippen molar-refractivity contribution in [1.29, 1.82) is 5.26 Å². The summed E-state index contributed by atoms with van der Waals surface area (Å²) in [4.78, 5) is 24.1. The largest absolute Gasteiger partial charge is 0.351 e. The van der Waals surface area contributed by atoms with Crippen LogP contribution >= 0.6 is 11.6 Å². The van der Waals surface area contributed by atoms with Gasteiger partial charge >= 0.3 is 0 Å². The number of rotatable bonds is 2. The maximum atomic E-state index is 13.8. The third-order valence-corrected chi connectivity index (χ3v) is 4.05. The van der Waals surface area contributed by atoms with Crippen LogP contribution < -0.4 is 4.90 Å². The molecule has 2 aromatic rings. The Morgan fingerprint density at radius 1 is 1.21 bits per heavy atom. The fourth-order valence-corrected chi connectivity index (χ4v) is 2.77. The van der Waals surface area contributed by atoms with Crippen molar-refractivity contribution >= 4 is 23.3 Å². The van der Waals surface area contributed by atoms with Gasteiger partial charge in [-0.05, 0) is 18.2 Å². The Balaban J connectivity index is 1.72. The fourth-order valence-electron chi connectivity index (χ4n) is 2.59. The first-order valence-electron chi connectivity index (χ1n) is 7.30. The zero-order valence-electron chi connectivity index (χ0n) is 12.6. The van der Waals surface area contributed by atoms with Gasteiger partial charge in [0.2, 0.25) is 0 Å². The number of amides is 1. The summed E-state index contributed by atoms with van der Waals surface area (Å²) in [6.07, 6.45) is 2.98. The lowest BCUT2D eigenvalue weighted by Crippen LogP contribution is -2.49. The lowest BCUT2D eigenvalue weighted by Gasteiger charge is -2.35. The van der Waals surface area contributed by atoms with E-state index in [0.717, 1.165) is 0 Å². The number of aromatic nitrogens is 2. The van der Waals surface area contributed by atoms with Crippen molar-refractivity contribution in [2.75, 3.05) is 31.1 Å². The number of carbonyl (C=O) groups excluding carboxylic acids is 1. The average molecular weight is 346 g/mol. The Hall–Kier alpha value is -2.72. The highest BCUT2D eigenvalue weighted by molar-refractivity contribution is 6.31. The molecule has 1 amide bonds. The first-order valence-corrected chi connectivity index (χ1v) is 7.68. The first kappa shape index (κ1) is 16.1. The third kappa shape index (κ3) is 3.14. The standard InChI is InChI=1S/C16H13ClFN5O/c17-11-1-2-13(18)12(9-11)16(24)23-7-5-22(6-8-23)15-14(10-19)20-3-4-21-15/h1-4,9H,5-8H2.